The van der Waals surface area contributed by atoms with Crippen LogP contribution < -0.4 is 16.0 Å². The van der Waals surface area contributed by atoms with Crippen molar-refractivity contribution in [3.8, 4) is 17.6 Å². The Morgan fingerprint density at radius 1 is 1.34 bits per heavy atom. The van der Waals surface area contributed by atoms with E-state index in [1.165, 1.54) is 30.5 Å². The van der Waals surface area contributed by atoms with Crippen LogP contribution in [0.15, 0.2) is 40.1 Å². The quantitative estimate of drug-likeness (QED) is 0.343. The van der Waals surface area contributed by atoms with Crippen LogP contribution >= 0.6 is 0 Å². The van der Waals surface area contributed by atoms with Gasteiger partial charge in [-0.15, -0.1) is 0 Å². The summed E-state index contributed by atoms with van der Waals surface area (Å²) >= 11 is 0. The molecule has 0 bridgehead atoms. The Morgan fingerprint density at radius 3 is 2.69 bits per heavy atom. The van der Waals surface area contributed by atoms with Crippen LogP contribution in [0.25, 0.3) is 0 Å². The minimum Gasteiger partial charge on any atom is -0.481 e. The Balaban J connectivity index is 1.71. The molecule has 1 fully saturated rings. The van der Waals surface area contributed by atoms with E-state index in [1.807, 2.05) is 0 Å². The number of non-ortho nitro benzene ring substituents is 1. The number of benzene rings is 1. The number of hydrogen-bond donors (Lipinski definition) is 3. The van der Waals surface area contributed by atoms with Crippen molar-refractivity contribution < 1.29 is 24.6 Å². The lowest BCUT2D eigenvalue weighted by Gasteiger charge is -2.14. The minimum atomic E-state index is -0.937. The van der Waals surface area contributed by atoms with Gasteiger partial charge in [-0.2, -0.15) is 0 Å². The normalized spacial score (nSPS) is 20.7. The van der Waals surface area contributed by atoms with Gasteiger partial charge in [0.05, 0.1) is 17.6 Å². The molecule has 0 radical (unpaired) electrons. The topological polar surface area (TPSA) is 157 Å². The van der Waals surface area contributed by atoms with Gasteiger partial charge in [0, 0.05) is 24.8 Å². The van der Waals surface area contributed by atoms with Crippen molar-refractivity contribution >= 4 is 5.69 Å². The highest BCUT2D eigenvalue weighted by atomic mass is 16.6. The molecule has 3 N–H and O–H groups in total. The van der Waals surface area contributed by atoms with Crippen LogP contribution in [-0.2, 0) is 4.74 Å². The number of aliphatic hydroxyl groups is 2. The van der Waals surface area contributed by atoms with Gasteiger partial charge in [0.2, 0.25) is 0 Å². The average molecular weight is 403 g/mol. The highest BCUT2D eigenvalue weighted by Gasteiger charge is 2.35. The first-order valence-electron chi connectivity index (χ1n) is 8.55. The van der Waals surface area contributed by atoms with Gasteiger partial charge in [0.1, 0.15) is 30.3 Å². The number of hydrogen-bond acceptors (Lipinski definition) is 8. The highest BCUT2D eigenvalue weighted by Crippen LogP contribution is 2.27. The third-order valence-corrected chi connectivity index (χ3v) is 4.24. The second-order valence-corrected chi connectivity index (χ2v) is 6.17. The molecule has 1 aromatic heterocycles. The fourth-order valence-electron chi connectivity index (χ4n) is 2.75. The number of aliphatic hydroxyl groups excluding tert-OH is 2. The second kappa shape index (κ2) is 8.70. The van der Waals surface area contributed by atoms with Gasteiger partial charge < -0.3 is 19.7 Å². The van der Waals surface area contributed by atoms with Crippen molar-refractivity contribution in [2.24, 2.45) is 0 Å². The molecule has 2 heterocycles. The maximum absolute atomic E-state index is 12.0. The molecule has 1 aliphatic heterocycles. The summed E-state index contributed by atoms with van der Waals surface area (Å²) in [7, 11) is 0. The fourth-order valence-corrected chi connectivity index (χ4v) is 2.75. The van der Waals surface area contributed by atoms with E-state index in [0.717, 1.165) is 4.57 Å². The number of nitro benzene ring substituents is 1. The molecule has 1 aliphatic rings. The van der Waals surface area contributed by atoms with Gasteiger partial charge in [0.25, 0.3) is 11.2 Å². The smallest absolute Gasteiger partial charge is 0.330 e. The van der Waals surface area contributed by atoms with E-state index in [2.05, 4.69) is 16.8 Å². The van der Waals surface area contributed by atoms with Gasteiger partial charge >= 0.3 is 5.69 Å². The summed E-state index contributed by atoms with van der Waals surface area (Å²) in [6.45, 7) is -0.496. The van der Waals surface area contributed by atoms with Gasteiger partial charge in [-0.3, -0.25) is 24.5 Å². The Labute approximate surface area is 163 Å². The molecule has 1 saturated heterocycles. The van der Waals surface area contributed by atoms with Crippen LogP contribution in [-0.4, -0.2) is 50.1 Å². The van der Waals surface area contributed by atoms with Crippen molar-refractivity contribution in [2.75, 3.05) is 13.2 Å². The lowest BCUT2D eigenvalue weighted by Crippen LogP contribution is -2.33. The molecule has 0 spiro atoms. The Bertz CT molecular complexity index is 1060. The predicted octanol–water partition coefficient (Wildman–Crippen LogP) is -0.484. The van der Waals surface area contributed by atoms with E-state index in [0.29, 0.717) is 5.75 Å². The molecule has 0 aliphatic carbocycles. The maximum atomic E-state index is 12.0. The zero-order valence-corrected chi connectivity index (χ0v) is 15.0. The number of nitro groups is 1. The molecule has 3 rings (SSSR count). The molecule has 152 valence electrons. The van der Waals surface area contributed by atoms with Crippen LogP contribution in [0, 0.1) is 22.0 Å². The lowest BCUT2D eigenvalue weighted by atomic mass is 10.2. The number of aromatic nitrogens is 2. The van der Waals surface area contributed by atoms with E-state index in [-0.39, 0.29) is 24.3 Å². The van der Waals surface area contributed by atoms with Crippen LogP contribution in [0.3, 0.4) is 0 Å². The molecular weight excluding hydrogens is 386 g/mol. The van der Waals surface area contributed by atoms with Crippen LogP contribution in [0.4, 0.5) is 5.69 Å². The number of nitrogens with one attached hydrogen (secondary N) is 1. The second-order valence-electron chi connectivity index (χ2n) is 6.17. The fraction of sp³-hybridized carbons (Fsp3) is 0.333. The molecule has 29 heavy (non-hydrogen) atoms. The van der Waals surface area contributed by atoms with E-state index in [1.54, 1.807) is 0 Å². The van der Waals surface area contributed by atoms with Gasteiger partial charge in [-0.1, -0.05) is 11.8 Å². The first-order chi connectivity index (χ1) is 13.9. The third kappa shape index (κ3) is 4.69. The van der Waals surface area contributed by atoms with Gasteiger partial charge in [-0.25, -0.2) is 4.79 Å². The van der Waals surface area contributed by atoms with Gasteiger partial charge in [0.15, 0.2) is 0 Å². The van der Waals surface area contributed by atoms with Crippen LogP contribution in [0.5, 0.6) is 5.75 Å². The molecule has 3 atom stereocenters. The number of H-pyrrole nitrogens is 1. The third-order valence-electron chi connectivity index (χ3n) is 4.24. The first kappa shape index (κ1) is 20.3. The molecule has 11 nitrogen and oxygen atoms in total. The van der Waals surface area contributed by atoms with E-state index in [4.69, 9.17) is 14.6 Å². The van der Waals surface area contributed by atoms with Crippen molar-refractivity contribution in [3.63, 3.8) is 0 Å². The summed E-state index contributed by atoms with van der Waals surface area (Å²) in [6.07, 6.45) is -1.30. The van der Waals surface area contributed by atoms with E-state index >= 15 is 0 Å². The molecule has 1 aromatic carbocycles. The van der Waals surface area contributed by atoms with E-state index < -0.39 is 41.2 Å². The summed E-state index contributed by atoms with van der Waals surface area (Å²) in [5.74, 6) is 5.58. The van der Waals surface area contributed by atoms with Gasteiger partial charge in [-0.05, 0) is 12.1 Å². The molecular formula is C18H17N3O8. The predicted molar refractivity (Wildman–Crippen MR) is 98.4 cm³/mol. The Hall–Kier alpha value is -3.46. The van der Waals surface area contributed by atoms with E-state index in [9.17, 15) is 24.8 Å². The Morgan fingerprint density at radius 2 is 2.07 bits per heavy atom. The molecule has 2 aromatic rings. The molecule has 3 unspecified atom stereocenters. The minimum absolute atomic E-state index is 0.0116. The SMILES string of the molecule is O=c1[nH]c(=O)n(C2CC(O)C(CO)O2)cc1C#CCOc1ccc([N+](=O)[O-])cc1. The largest absolute Gasteiger partial charge is 0.481 e. The van der Waals surface area contributed by atoms with Crippen molar-refractivity contribution in [3.05, 3.63) is 67.0 Å². The zero-order chi connectivity index (χ0) is 21.0. The van der Waals surface area contributed by atoms with Crippen LogP contribution in [0.1, 0.15) is 18.2 Å². The summed E-state index contributed by atoms with van der Waals surface area (Å²) < 4.78 is 11.8. The van der Waals surface area contributed by atoms with Crippen molar-refractivity contribution in [2.45, 2.75) is 24.9 Å². The lowest BCUT2D eigenvalue weighted by molar-refractivity contribution is -0.384. The number of ether oxygens (including phenoxy) is 2. The number of nitrogens with zero attached hydrogens (tertiary/aromatic N) is 2. The van der Waals surface area contributed by atoms with Crippen molar-refractivity contribution in [1.82, 2.24) is 9.55 Å². The zero-order valence-electron chi connectivity index (χ0n) is 15.0. The average Bonchev–Trinajstić information content (AvgIpc) is 3.07. The first-order valence-corrected chi connectivity index (χ1v) is 8.55. The van der Waals surface area contributed by atoms with Crippen LogP contribution in [0.2, 0.25) is 0 Å². The summed E-state index contributed by atoms with van der Waals surface area (Å²) in [4.78, 5) is 36.2. The molecule has 0 amide bonds. The summed E-state index contributed by atoms with van der Waals surface area (Å²) in [5, 5.41) is 29.6. The monoisotopic (exact) mass is 403 g/mol. The summed E-state index contributed by atoms with van der Waals surface area (Å²) in [5.41, 5.74) is -1.49. The highest BCUT2D eigenvalue weighted by molar-refractivity contribution is 5.36. The number of aromatic amines is 1. The number of rotatable bonds is 5. The van der Waals surface area contributed by atoms with Crippen molar-refractivity contribution in [1.29, 1.82) is 0 Å². The molecule has 0 saturated carbocycles. The summed E-state index contributed by atoms with van der Waals surface area (Å²) in [6, 6.07) is 5.43. The maximum Gasteiger partial charge on any atom is 0.330 e. The molecule has 11 heteroatoms. The standard InChI is InChI=1S/C18H17N3O8/c22-10-15-14(23)8-16(29-15)20-9-11(17(24)19-18(20)25)2-1-7-28-13-5-3-12(4-6-13)21(26)27/h3-6,9,14-16,22-23H,7-8,10H2,(H,19,24,25). The Kier molecular flexibility index (Phi) is 6.08.